The van der Waals surface area contributed by atoms with Gasteiger partial charge < -0.3 is 20.1 Å². The molecule has 35 heavy (non-hydrogen) atoms. The van der Waals surface area contributed by atoms with E-state index in [0.717, 1.165) is 9.54 Å². The van der Waals surface area contributed by atoms with Crippen LogP contribution >= 0.6 is 0 Å². The van der Waals surface area contributed by atoms with E-state index in [1.807, 2.05) is 0 Å². The van der Waals surface area contributed by atoms with Gasteiger partial charge in [-0.15, -0.1) is 0 Å². The fraction of sp³-hybridized carbons (Fsp3) is 0.333. The van der Waals surface area contributed by atoms with Crippen molar-refractivity contribution in [3.8, 4) is 5.75 Å². The van der Waals surface area contributed by atoms with Gasteiger partial charge in [-0.2, -0.15) is 0 Å². The summed E-state index contributed by atoms with van der Waals surface area (Å²) in [5.74, 6) is 0.0677. The molecule has 2 aromatic carbocycles. The smallest absolute Gasteiger partial charge is 0.407 e. The number of aromatic nitrogens is 1. The van der Waals surface area contributed by atoms with E-state index >= 15 is 0 Å². The third kappa shape index (κ3) is 4.69. The number of carboxylic acid groups (broad SMARTS) is 1. The fourth-order valence-electron chi connectivity index (χ4n) is 4.34. The van der Waals surface area contributed by atoms with Crippen molar-refractivity contribution in [1.82, 2.24) is 19.1 Å². The molecule has 4 rings (SSSR count). The zero-order valence-electron chi connectivity index (χ0n) is 19.6. The summed E-state index contributed by atoms with van der Waals surface area (Å²) in [5, 5.41) is 12.5. The van der Waals surface area contributed by atoms with Gasteiger partial charge in [0.25, 0.3) is 15.9 Å². The molecule has 3 aromatic rings. The van der Waals surface area contributed by atoms with Crippen LogP contribution < -0.4 is 10.1 Å². The first-order chi connectivity index (χ1) is 16.8. The second kappa shape index (κ2) is 9.96. The average molecular weight is 501 g/mol. The minimum Gasteiger partial charge on any atom is -0.496 e. The molecule has 0 unspecified atom stereocenters. The normalized spacial score (nSPS) is 14.7. The lowest BCUT2D eigenvalue weighted by atomic mass is 10.1. The molecule has 0 spiro atoms. The number of carbonyl (C=O) groups is 2. The number of hydrogen-bond acceptors (Lipinski definition) is 6. The largest absolute Gasteiger partial charge is 0.496 e. The van der Waals surface area contributed by atoms with Crippen LogP contribution in [0.15, 0.2) is 53.4 Å². The van der Waals surface area contributed by atoms with Crippen molar-refractivity contribution in [3.05, 3.63) is 59.8 Å². The highest BCUT2D eigenvalue weighted by Gasteiger charge is 2.29. The Morgan fingerprint density at radius 3 is 2.34 bits per heavy atom. The number of carbonyl (C=O) groups excluding carboxylic acids is 1. The van der Waals surface area contributed by atoms with Gasteiger partial charge in [0, 0.05) is 50.2 Å². The minimum absolute atomic E-state index is 0.0101. The van der Waals surface area contributed by atoms with E-state index < -0.39 is 22.0 Å². The van der Waals surface area contributed by atoms with Crippen LogP contribution in [-0.4, -0.2) is 79.1 Å². The number of piperazine rings is 1. The number of ether oxygens (including phenoxy) is 1. The molecule has 1 aliphatic rings. The summed E-state index contributed by atoms with van der Waals surface area (Å²) in [6.07, 6.45) is -0.945. The highest BCUT2D eigenvalue weighted by molar-refractivity contribution is 7.90. The first-order valence-electron chi connectivity index (χ1n) is 11.3. The summed E-state index contributed by atoms with van der Waals surface area (Å²) in [5.41, 5.74) is 1.12. The van der Waals surface area contributed by atoms with Crippen LogP contribution in [0.25, 0.3) is 10.9 Å². The topological polar surface area (TPSA) is 121 Å². The van der Waals surface area contributed by atoms with Crippen LogP contribution in [0.1, 0.15) is 23.0 Å². The first kappa shape index (κ1) is 24.6. The number of nitrogens with zero attached hydrogens (tertiary/aromatic N) is 3. The highest BCUT2D eigenvalue weighted by atomic mass is 32.2. The van der Waals surface area contributed by atoms with Gasteiger partial charge in [0.15, 0.2) is 0 Å². The summed E-state index contributed by atoms with van der Waals surface area (Å²) < 4.78 is 34.0. The molecule has 0 radical (unpaired) electrons. The van der Waals surface area contributed by atoms with E-state index in [1.54, 1.807) is 43.3 Å². The maximum atomic E-state index is 13.7. The SMILES string of the molecule is CCNC(=O)c1cc2c(CN3CCN(C(=O)O)CC3)c(OC)ccc2n1S(=O)(=O)c1ccccc1. The summed E-state index contributed by atoms with van der Waals surface area (Å²) in [6.45, 7) is 4.33. The van der Waals surface area contributed by atoms with Crippen molar-refractivity contribution in [3.63, 3.8) is 0 Å². The Morgan fingerprint density at radius 2 is 1.74 bits per heavy atom. The Morgan fingerprint density at radius 1 is 1.06 bits per heavy atom. The average Bonchev–Trinajstić information content (AvgIpc) is 3.26. The molecule has 2 N–H and O–H groups in total. The van der Waals surface area contributed by atoms with Gasteiger partial charge in [-0.1, -0.05) is 18.2 Å². The van der Waals surface area contributed by atoms with Crippen molar-refractivity contribution in [1.29, 1.82) is 0 Å². The summed E-state index contributed by atoms with van der Waals surface area (Å²) >= 11 is 0. The number of fused-ring (bicyclic) bond motifs is 1. The zero-order chi connectivity index (χ0) is 25.2. The summed E-state index contributed by atoms with van der Waals surface area (Å²) in [6, 6.07) is 12.9. The van der Waals surface area contributed by atoms with Gasteiger partial charge in [0.1, 0.15) is 11.4 Å². The molecular formula is C24H28N4O6S. The maximum absolute atomic E-state index is 13.7. The van der Waals surface area contributed by atoms with E-state index in [9.17, 15) is 23.1 Å². The van der Waals surface area contributed by atoms with Crippen LogP contribution in [-0.2, 0) is 16.6 Å². The van der Waals surface area contributed by atoms with Gasteiger partial charge in [0.05, 0.1) is 17.5 Å². The van der Waals surface area contributed by atoms with Crippen molar-refractivity contribution in [2.45, 2.75) is 18.4 Å². The lowest BCUT2D eigenvalue weighted by Gasteiger charge is -2.33. The number of rotatable bonds is 7. The Hall–Kier alpha value is -3.57. The quantitative estimate of drug-likeness (QED) is 0.511. The first-order valence-corrected chi connectivity index (χ1v) is 12.7. The second-order valence-electron chi connectivity index (χ2n) is 8.20. The molecule has 0 bridgehead atoms. The van der Waals surface area contributed by atoms with E-state index in [4.69, 9.17) is 4.74 Å². The van der Waals surface area contributed by atoms with Gasteiger partial charge >= 0.3 is 6.09 Å². The molecule has 0 saturated carbocycles. The number of benzene rings is 2. The third-order valence-electron chi connectivity index (χ3n) is 6.11. The minimum atomic E-state index is -4.07. The number of nitrogens with one attached hydrogen (secondary N) is 1. The predicted octanol–water partition coefficient (Wildman–Crippen LogP) is 2.43. The number of hydrogen-bond donors (Lipinski definition) is 2. The molecule has 1 saturated heterocycles. The summed E-state index contributed by atoms with van der Waals surface area (Å²) in [7, 11) is -2.54. The van der Waals surface area contributed by atoms with Crippen LogP contribution in [0, 0.1) is 0 Å². The monoisotopic (exact) mass is 500 g/mol. The van der Waals surface area contributed by atoms with Crippen molar-refractivity contribution >= 4 is 32.9 Å². The molecule has 2 heterocycles. The number of amides is 2. The molecule has 0 aliphatic carbocycles. The van der Waals surface area contributed by atoms with Crippen LogP contribution in [0.5, 0.6) is 5.75 Å². The van der Waals surface area contributed by atoms with Gasteiger partial charge in [0.2, 0.25) is 0 Å². The van der Waals surface area contributed by atoms with Gasteiger partial charge in [-0.25, -0.2) is 17.2 Å². The predicted molar refractivity (Wildman–Crippen MR) is 130 cm³/mol. The molecule has 10 nitrogen and oxygen atoms in total. The lowest BCUT2D eigenvalue weighted by molar-refractivity contribution is 0.0949. The van der Waals surface area contributed by atoms with Gasteiger partial charge in [-0.3, -0.25) is 9.69 Å². The number of methoxy groups -OCH3 is 1. The lowest BCUT2D eigenvalue weighted by Crippen LogP contribution is -2.47. The van der Waals surface area contributed by atoms with Crippen LogP contribution in [0.2, 0.25) is 0 Å². The highest BCUT2D eigenvalue weighted by Crippen LogP contribution is 2.34. The molecule has 1 aliphatic heterocycles. The third-order valence-corrected chi connectivity index (χ3v) is 7.85. The van der Waals surface area contributed by atoms with Crippen molar-refractivity contribution in [2.24, 2.45) is 0 Å². The molecular weight excluding hydrogens is 472 g/mol. The molecule has 1 aromatic heterocycles. The molecule has 1 fully saturated rings. The Kier molecular flexibility index (Phi) is 6.99. The van der Waals surface area contributed by atoms with E-state index in [2.05, 4.69) is 10.2 Å². The molecule has 186 valence electrons. The Balaban J connectivity index is 1.85. The standard InChI is InChI=1S/C24H28N4O6S/c1-3-25-23(29)21-15-18-19(16-26-11-13-27(14-12-26)24(30)31)22(34-2)10-9-20(18)28(21)35(32,33)17-7-5-4-6-8-17/h4-10,15H,3,11-14,16H2,1-2H3,(H,25,29)(H,30,31). The molecule has 11 heteroatoms. The molecule has 2 amide bonds. The van der Waals surface area contributed by atoms with Gasteiger partial charge in [-0.05, 0) is 37.3 Å². The zero-order valence-corrected chi connectivity index (χ0v) is 20.4. The van der Waals surface area contributed by atoms with E-state index in [-0.39, 0.29) is 10.6 Å². The fourth-order valence-corrected chi connectivity index (χ4v) is 5.86. The van der Waals surface area contributed by atoms with E-state index in [1.165, 1.54) is 24.1 Å². The maximum Gasteiger partial charge on any atom is 0.407 e. The summed E-state index contributed by atoms with van der Waals surface area (Å²) in [4.78, 5) is 27.8. The van der Waals surface area contributed by atoms with E-state index in [0.29, 0.717) is 55.9 Å². The van der Waals surface area contributed by atoms with Crippen LogP contribution in [0.4, 0.5) is 4.79 Å². The molecule has 0 atom stereocenters. The Bertz CT molecular complexity index is 1350. The van der Waals surface area contributed by atoms with Crippen LogP contribution in [0.3, 0.4) is 0 Å². The second-order valence-corrected chi connectivity index (χ2v) is 9.98. The van der Waals surface area contributed by atoms with Crippen molar-refractivity contribution in [2.75, 3.05) is 39.8 Å². The van der Waals surface area contributed by atoms with Crippen molar-refractivity contribution < 1.29 is 27.9 Å². The Labute approximate surface area is 203 Å².